The molecule has 1 aliphatic rings. The Morgan fingerprint density at radius 2 is 2.41 bits per heavy atom. The molecule has 0 aromatic carbocycles. The zero-order chi connectivity index (χ0) is 12.4. The van der Waals surface area contributed by atoms with E-state index in [0.717, 1.165) is 17.3 Å². The van der Waals surface area contributed by atoms with Gasteiger partial charge < -0.3 is 15.6 Å². The molecule has 4 nitrogen and oxygen atoms in total. The maximum Gasteiger partial charge on any atom is 0.270 e. The number of aromatic amines is 1. The number of aromatic nitrogens is 1. The van der Waals surface area contributed by atoms with Crippen molar-refractivity contribution >= 4 is 21.8 Å². The van der Waals surface area contributed by atoms with Crippen LogP contribution in [0.15, 0.2) is 16.7 Å². The summed E-state index contributed by atoms with van der Waals surface area (Å²) in [6, 6.07) is 2.10. The minimum absolute atomic E-state index is 0.0426. The molecular weight excluding hydrogens is 282 g/mol. The average molecular weight is 300 g/mol. The van der Waals surface area contributed by atoms with Gasteiger partial charge in [0.05, 0.1) is 0 Å². The third-order valence-electron chi connectivity index (χ3n) is 3.62. The SMILES string of the molecule is CN(C(=O)c1cc(Br)c[nH]1)C1CCCC1CN. The molecule has 0 aliphatic heterocycles. The normalized spacial score (nSPS) is 23.9. The van der Waals surface area contributed by atoms with E-state index in [-0.39, 0.29) is 11.9 Å². The van der Waals surface area contributed by atoms with Crippen LogP contribution in [-0.4, -0.2) is 35.4 Å². The van der Waals surface area contributed by atoms with Crippen LogP contribution in [0.2, 0.25) is 0 Å². The van der Waals surface area contributed by atoms with Gasteiger partial charge in [0.15, 0.2) is 0 Å². The highest BCUT2D eigenvalue weighted by atomic mass is 79.9. The van der Waals surface area contributed by atoms with Crippen molar-refractivity contribution in [2.75, 3.05) is 13.6 Å². The summed E-state index contributed by atoms with van der Waals surface area (Å²) in [5, 5.41) is 0. The molecule has 3 N–H and O–H groups in total. The number of nitrogens with one attached hydrogen (secondary N) is 1. The fourth-order valence-electron chi connectivity index (χ4n) is 2.63. The molecule has 1 fully saturated rings. The largest absolute Gasteiger partial charge is 0.356 e. The summed E-state index contributed by atoms with van der Waals surface area (Å²) < 4.78 is 0.899. The quantitative estimate of drug-likeness (QED) is 0.896. The topological polar surface area (TPSA) is 62.1 Å². The number of amides is 1. The number of hydrogen-bond donors (Lipinski definition) is 2. The molecular formula is C12H18BrN3O. The van der Waals surface area contributed by atoms with Gasteiger partial charge >= 0.3 is 0 Å². The second kappa shape index (κ2) is 5.23. The Bertz CT molecular complexity index is 404. The lowest BCUT2D eigenvalue weighted by Crippen LogP contribution is -2.41. The van der Waals surface area contributed by atoms with Crippen LogP contribution in [0.1, 0.15) is 29.8 Å². The van der Waals surface area contributed by atoms with Crippen LogP contribution in [-0.2, 0) is 0 Å². The molecule has 2 rings (SSSR count). The van der Waals surface area contributed by atoms with Crippen LogP contribution in [0.5, 0.6) is 0 Å². The highest BCUT2D eigenvalue weighted by molar-refractivity contribution is 9.10. The maximum atomic E-state index is 12.2. The van der Waals surface area contributed by atoms with Gasteiger partial charge in [-0.2, -0.15) is 0 Å². The van der Waals surface area contributed by atoms with Gasteiger partial charge in [0.25, 0.3) is 5.91 Å². The lowest BCUT2D eigenvalue weighted by atomic mass is 10.0. The molecule has 1 saturated carbocycles. The number of H-pyrrole nitrogens is 1. The van der Waals surface area contributed by atoms with E-state index in [1.165, 1.54) is 6.42 Å². The summed E-state index contributed by atoms with van der Waals surface area (Å²) >= 11 is 3.34. The van der Waals surface area contributed by atoms with Crippen LogP contribution in [0.25, 0.3) is 0 Å². The fraction of sp³-hybridized carbons (Fsp3) is 0.583. The second-order valence-corrected chi connectivity index (χ2v) is 5.56. The number of carbonyl (C=O) groups is 1. The van der Waals surface area contributed by atoms with E-state index in [2.05, 4.69) is 20.9 Å². The molecule has 17 heavy (non-hydrogen) atoms. The molecule has 5 heteroatoms. The van der Waals surface area contributed by atoms with Crippen molar-refractivity contribution in [1.82, 2.24) is 9.88 Å². The van der Waals surface area contributed by atoms with Crippen LogP contribution >= 0.6 is 15.9 Å². The number of nitrogens with zero attached hydrogens (tertiary/aromatic N) is 1. The van der Waals surface area contributed by atoms with E-state index >= 15 is 0 Å². The molecule has 1 aromatic rings. The minimum Gasteiger partial charge on any atom is -0.356 e. The number of hydrogen-bond acceptors (Lipinski definition) is 2. The molecule has 0 bridgehead atoms. The van der Waals surface area contributed by atoms with Crippen molar-refractivity contribution in [2.24, 2.45) is 11.7 Å². The molecule has 1 heterocycles. The first-order valence-electron chi connectivity index (χ1n) is 5.94. The zero-order valence-electron chi connectivity index (χ0n) is 9.95. The van der Waals surface area contributed by atoms with Crippen molar-refractivity contribution in [3.8, 4) is 0 Å². The molecule has 94 valence electrons. The molecule has 1 aromatic heterocycles. The molecule has 0 radical (unpaired) electrons. The predicted octanol–water partition coefficient (Wildman–Crippen LogP) is 1.98. The van der Waals surface area contributed by atoms with Crippen molar-refractivity contribution in [1.29, 1.82) is 0 Å². The van der Waals surface area contributed by atoms with Crippen molar-refractivity contribution < 1.29 is 4.79 Å². The van der Waals surface area contributed by atoms with E-state index in [0.29, 0.717) is 18.2 Å². The Labute approximate surface area is 110 Å². The van der Waals surface area contributed by atoms with Gasteiger partial charge in [-0.15, -0.1) is 0 Å². The first-order chi connectivity index (χ1) is 8.13. The predicted molar refractivity (Wildman–Crippen MR) is 70.8 cm³/mol. The molecule has 2 atom stereocenters. The summed E-state index contributed by atoms with van der Waals surface area (Å²) in [6.07, 6.45) is 5.13. The highest BCUT2D eigenvalue weighted by Crippen LogP contribution is 2.29. The third kappa shape index (κ3) is 2.55. The van der Waals surface area contributed by atoms with Gasteiger partial charge in [-0.3, -0.25) is 4.79 Å². The first kappa shape index (κ1) is 12.6. The summed E-state index contributed by atoms with van der Waals surface area (Å²) in [6.45, 7) is 0.663. The van der Waals surface area contributed by atoms with Crippen molar-refractivity contribution in [3.05, 3.63) is 22.4 Å². The summed E-state index contributed by atoms with van der Waals surface area (Å²) in [5.41, 5.74) is 6.38. The Morgan fingerprint density at radius 1 is 1.65 bits per heavy atom. The van der Waals surface area contributed by atoms with E-state index in [1.807, 2.05) is 18.0 Å². The number of rotatable bonds is 3. The van der Waals surface area contributed by atoms with Crippen molar-refractivity contribution in [3.63, 3.8) is 0 Å². The van der Waals surface area contributed by atoms with Crippen LogP contribution in [0, 0.1) is 5.92 Å². The van der Waals surface area contributed by atoms with Crippen LogP contribution < -0.4 is 5.73 Å². The van der Waals surface area contributed by atoms with Crippen LogP contribution in [0.4, 0.5) is 0 Å². The number of carbonyl (C=O) groups excluding carboxylic acids is 1. The number of halogens is 1. The Morgan fingerprint density at radius 3 is 3.00 bits per heavy atom. The van der Waals surface area contributed by atoms with Crippen LogP contribution in [0.3, 0.4) is 0 Å². The Hall–Kier alpha value is -0.810. The van der Waals surface area contributed by atoms with E-state index in [4.69, 9.17) is 5.73 Å². The van der Waals surface area contributed by atoms with Gasteiger partial charge in [0.2, 0.25) is 0 Å². The summed E-state index contributed by atoms with van der Waals surface area (Å²) in [7, 11) is 1.87. The molecule has 0 spiro atoms. The second-order valence-electron chi connectivity index (χ2n) is 4.64. The van der Waals surface area contributed by atoms with E-state index < -0.39 is 0 Å². The standard InChI is InChI=1S/C12H18BrN3O/c1-16(11-4-2-3-8(11)6-14)12(17)10-5-9(13)7-15-10/h5,7-8,11,15H,2-4,6,14H2,1H3. The van der Waals surface area contributed by atoms with E-state index in [1.54, 1.807) is 6.20 Å². The first-order valence-corrected chi connectivity index (χ1v) is 6.74. The third-order valence-corrected chi connectivity index (χ3v) is 4.08. The van der Waals surface area contributed by atoms with Gasteiger partial charge in [-0.25, -0.2) is 0 Å². The lowest BCUT2D eigenvalue weighted by Gasteiger charge is -2.28. The highest BCUT2D eigenvalue weighted by Gasteiger charge is 2.32. The van der Waals surface area contributed by atoms with Gasteiger partial charge in [0, 0.05) is 23.8 Å². The average Bonchev–Trinajstić information content (AvgIpc) is 2.95. The molecule has 1 amide bonds. The summed E-state index contributed by atoms with van der Waals surface area (Å²) in [4.78, 5) is 17.0. The van der Waals surface area contributed by atoms with E-state index in [9.17, 15) is 4.79 Å². The summed E-state index contributed by atoms with van der Waals surface area (Å²) in [5.74, 6) is 0.489. The smallest absolute Gasteiger partial charge is 0.270 e. The number of nitrogens with two attached hydrogens (primary N) is 1. The lowest BCUT2D eigenvalue weighted by molar-refractivity contribution is 0.0694. The molecule has 0 saturated heterocycles. The Balaban J connectivity index is 2.09. The van der Waals surface area contributed by atoms with Gasteiger partial charge in [0.1, 0.15) is 5.69 Å². The Kier molecular flexibility index (Phi) is 3.89. The maximum absolute atomic E-state index is 12.2. The molecule has 1 aliphatic carbocycles. The van der Waals surface area contributed by atoms with Gasteiger partial charge in [-0.05, 0) is 47.3 Å². The minimum atomic E-state index is 0.0426. The fourth-order valence-corrected chi connectivity index (χ4v) is 2.98. The zero-order valence-corrected chi connectivity index (χ0v) is 11.5. The molecule has 2 unspecified atom stereocenters. The van der Waals surface area contributed by atoms with Crippen molar-refractivity contribution in [2.45, 2.75) is 25.3 Å². The van der Waals surface area contributed by atoms with Gasteiger partial charge in [-0.1, -0.05) is 6.42 Å². The monoisotopic (exact) mass is 299 g/mol.